The van der Waals surface area contributed by atoms with Crippen LogP contribution in [0.15, 0.2) is 12.4 Å². The van der Waals surface area contributed by atoms with E-state index in [9.17, 15) is 0 Å². The van der Waals surface area contributed by atoms with Crippen molar-refractivity contribution >= 4 is 28.5 Å². The molecule has 0 aliphatic rings. The van der Waals surface area contributed by atoms with Crippen molar-refractivity contribution in [1.29, 1.82) is 0 Å². The molecule has 4 nitrogen and oxygen atoms in total. The van der Waals surface area contributed by atoms with Gasteiger partial charge in [0.2, 0.25) is 5.95 Å². The third kappa shape index (κ3) is 2.56. The van der Waals surface area contributed by atoms with Gasteiger partial charge in [-0.1, -0.05) is 0 Å². The van der Waals surface area contributed by atoms with Crippen LogP contribution >= 0.6 is 22.6 Å². The molecule has 0 fully saturated rings. The number of hydroxylamine groups is 1. The highest BCUT2D eigenvalue weighted by molar-refractivity contribution is 14.1. The average molecular weight is 279 g/mol. The Morgan fingerprint density at radius 3 is 2.58 bits per heavy atom. The zero-order valence-corrected chi connectivity index (χ0v) is 9.15. The highest BCUT2D eigenvalue weighted by atomic mass is 127. The van der Waals surface area contributed by atoms with Crippen LogP contribution in [-0.4, -0.2) is 23.6 Å². The second-order valence-corrected chi connectivity index (χ2v) is 3.36. The molecule has 0 atom stereocenters. The summed E-state index contributed by atoms with van der Waals surface area (Å²) in [6, 6.07) is 0. The minimum absolute atomic E-state index is 0.581. The second-order valence-electron chi connectivity index (χ2n) is 2.12. The number of rotatable bonds is 3. The molecule has 0 radical (unpaired) electrons. The topological polar surface area (TPSA) is 38.2 Å². The van der Waals surface area contributed by atoms with Crippen molar-refractivity contribution in [3.8, 4) is 0 Å². The second kappa shape index (κ2) is 4.56. The molecule has 0 unspecified atom stereocenters. The minimum atomic E-state index is 0.581. The molecule has 66 valence electrons. The summed E-state index contributed by atoms with van der Waals surface area (Å²) in [5, 5.41) is 1.55. The van der Waals surface area contributed by atoms with Gasteiger partial charge in [-0.05, 0) is 29.5 Å². The van der Waals surface area contributed by atoms with E-state index in [2.05, 4.69) is 32.6 Å². The van der Waals surface area contributed by atoms with Crippen LogP contribution in [0, 0.1) is 3.57 Å². The predicted octanol–water partition coefficient (Wildman–Crippen LogP) is 1.47. The van der Waals surface area contributed by atoms with Crippen molar-refractivity contribution < 1.29 is 4.84 Å². The van der Waals surface area contributed by atoms with E-state index in [1.54, 1.807) is 24.5 Å². The van der Waals surface area contributed by atoms with Crippen molar-refractivity contribution in [1.82, 2.24) is 9.97 Å². The van der Waals surface area contributed by atoms with Crippen molar-refractivity contribution in [2.75, 3.05) is 18.7 Å². The number of aromatic nitrogens is 2. The summed E-state index contributed by atoms with van der Waals surface area (Å²) in [4.78, 5) is 13.3. The smallest absolute Gasteiger partial charge is 0.249 e. The molecule has 0 bridgehead atoms. The Morgan fingerprint density at radius 1 is 1.50 bits per heavy atom. The molecule has 1 aromatic rings. The summed E-state index contributed by atoms with van der Waals surface area (Å²) < 4.78 is 1.02. The monoisotopic (exact) mass is 279 g/mol. The summed E-state index contributed by atoms with van der Waals surface area (Å²) in [6.07, 6.45) is 3.50. The van der Waals surface area contributed by atoms with Crippen molar-refractivity contribution in [2.45, 2.75) is 6.92 Å². The van der Waals surface area contributed by atoms with E-state index in [4.69, 9.17) is 4.84 Å². The van der Waals surface area contributed by atoms with Gasteiger partial charge in [0.15, 0.2) is 0 Å². The molecule has 0 saturated heterocycles. The highest BCUT2D eigenvalue weighted by Gasteiger charge is 2.01. The van der Waals surface area contributed by atoms with E-state index in [1.807, 2.05) is 6.92 Å². The van der Waals surface area contributed by atoms with Crippen LogP contribution in [0.3, 0.4) is 0 Å². The first-order valence-corrected chi connectivity index (χ1v) is 4.66. The molecule has 0 amide bonds. The van der Waals surface area contributed by atoms with E-state index in [0.717, 1.165) is 3.57 Å². The predicted molar refractivity (Wildman–Crippen MR) is 54.8 cm³/mol. The van der Waals surface area contributed by atoms with Crippen molar-refractivity contribution in [2.24, 2.45) is 0 Å². The Balaban J connectivity index is 2.68. The molecule has 0 aliphatic carbocycles. The van der Waals surface area contributed by atoms with Gasteiger partial charge in [-0.15, -0.1) is 0 Å². The molecule has 0 spiro atoms. The third-order valence-electron chi connectivity index (χ3n) is 1.21. The molecular formula is C7H10IN3O. The summed E-state index contributed by atoms with van der Waals surface area (Å²) in [6.45, 7) is 2.54. The first kappa shape index (κ1) is 9.66. The summed E-state index contributed by atoms with van der Waals surface area (Å²) >= 11 is 2.16. The fourth-order valence-electron chi connectivity index (χ4n) is 0.719. The zero-order chi connectivity index (χ0) is 8.97. The van der Waals surface area contributed by atoms with Crippen LogP contribution in [0.5, 0.6) is 0 Å². The number of halogens is 1. The molecule has 0 saturated carbocycles. The number of nitrogens with zero attached hydrogens (tertiary/aromatic N) is 3. The standard InChI is InChI=1S/C7H10IN3O/c1-3-12-11(2)7-9-4-6(8)5-10-7/h4-5H,3H2,1-2H3. The molecule has 5 heteroatoms. The van der Waals surface area contributed by atoms with E-state index in [-0.39, 0.29) is 0 Å². The number of anilines is 1. The van der Waals surface area contributed by atoms with Crippen molar-refractivity contribution in [3.05, 3.63) is 16.0 Å². The Labute approximate surface area is 85.1 Å². The van der Waals surface area contributed by atoms with E-state index < -0.39 is 0 Å². The quantitative estimate of drug-likeness (QED) is 0.620. The maximum absolute atomic E-state index is 5.17. The number of hydrogen-bond donors (Lipinski definition) is 0. The third-order valence-corrected chi connectivity index (χ3v) is 1.77. The highest BCUT2D eigenvalue weighted by Crippen LogP contribution is 2.06. The molecule has 1 aromatic heterocycles. The minimum Gasteiger partial charge on any atom is -0.271 e. The summed E-state index contributed by atoms with van der Waals surface area (Å²) in [7, 11) is 1.78. The lowest BCUT2D eigenvalue weighted by atomic mass is 10.7. The van der Waals surface area contributed by atoms with Gasteiger partial charge in [-0.25, -0.2) is 15.0 Å². The molecule has 12 heavy (non-hydrogen) atoms. The summed E-state index contributed by atoms with van der Waals surface area (Å²) in [5.74, 6) is 0.581. The van der Waals surface area contributed by atoms with Crippen molar-refractivity contribution in [3.63, 3.8) is 0 Å². The van der Waals surface area contributed by atoms with Gasteiger partial charge in [0.25, 0.3) is 0 Å². The van der Waals surface area contributed by atoms with Gasteiger partial charge in [0.05, 0.1) is 6.61 Å². The molecule has 0 aliphatic heterocycles. The van der Waals surface area contributed by atoms with Gasteiger partial charge >= 0.3 is 0 Å². The fourth-order valence-corrected chi connectivity index (χ4v) is 0.998. The van der Waals surface area contributed by atoms with E-state index in [1.165, 1.54) is 0 Å². The molecular weight excluding hydrogens is 269 g/mol. The fraction of sp³-hybridized carbons (Fsp3) is 0.429. The van der Waals surface area contributed by atoms with Gasteiger partial charge in [0, 0.05) is 23.0 Å². The van der Waals surface area contributed by atoms with Crippen LogP contribution < -0.4 is 5.06 Å². The molecule has 0 aromatic carbocycles. The van der Waals surface area contributed by atoms with Crippen LogP contribution in [0.25, 0.3) is 0 Å². The van der Waals surface area contributed by atoms with E-state index in [0.29, 0.717) is 12.6 Å². The van der Waals surface area contributed by atoms with Crippen LogP contribution in [0.2, 0.25) is 0 Å². The van der Waals surface area contributed by atoms with Crippen LogP contribution in [0.1, 0.15) is 6.92 Å². The summed E-state index contributed by atoms with van der Waals surface area (Å²) in [5.41, 5.74) is 0. The molecule has 0 N–H and O–H groups in total. The molecule has 1 rings (SSSR count). The Hall–Kier alpha value is -0.430. The molecule has 1 heterocycles. The maximum Gasteiger partial charge on any atom is 0.249 e. The van der Waals surface area contributed by atoms with Crippen LogP contribution in [0.4, 0.5) is 5.95 Å². The SMILES string of the molecule is CCON(C)c1ncc(I)cn1. The van der Waals surface area contributed by atoms with Gasteiger partial charge in [-0.2, -0.15) is 0 Å². The normalized spacial score (nSPS) is 9.92. The van der Waals surface area contributed by atoms with Crippen LogP contribution in [-0.2, 0) is 4.84 Å². The van der Waals surface area contributed by atoms with Gasteiger partial charge in [0.1, 0.15) is 0 Å². The first-order valence-electron chi connectivity index (χ1n) is 3.58. The Kier molecular flexibility index (Phi) is 3.67. The largest absolute Gasteiger partial charge is 0.271 e. The lowest BCUT2D eigenvalue weighted by Gasteiger charge is -2.14. The lowest BCUT2D eigenvalue weighted by Crippen LogP contribution is -2.19. The van der Waals surface area contributed by atoms with Gasteiger partial charge < -0.3 is 0 Å². The lowest BCUT2D eigenvalue weighted by molar-refractivity contribution is 0.131. The maximum atomic E-state index is 5.17. The van der Waals surface area contributed by atoms with E-state index >= 15 is 0 Å². The van der Waals surface area contributed by atoms with Gasteiger partial charge in [-0.3, -0.25) is 4.84 Å². The Bertz CT molecular complexity index is 239. The average Bonchev–Trinajstić information content (AvgIpc) is 2.06. The zero-order valence-electron chi connectivity index (χ0n) is 6.99. The number of hydrogen-bond acceptors (Lipinski definition) is 4. The first-order chi connectivity index (χ1) is 5.74. The Morgan fingerprint density at radius 2 is 2.08 bits per heavy atom.